The maximum absolute atomic E-state index is 11.4. The number of benzene rings is 1. The van der Waals surface area contributed by atoms with Gasteiger partial charge in [0, 0.05) is 13.6 Å². The van der Waals surface area contributed by atoms with Gasteiger partial charge in [-0.25, -0.2) is 0 Å². The highest BCUT2D eigenvalue weighted by atomic mass is 79.9. The van der Waals surface area contributed by atoms with Gasteiger partial charge in [0.15, 0.2) is 11.5 Å². The SMILES string of the molecule is CNC(=O)C(C)NCc1cc(Br)c2c(c1)OCO2. The van der Waals surface area contributed by atoms with Crippen LogP contribution in [0.2, 0.25) is 0 Å². The molecule has 98 valence electrons. The van der Waals surface area contributed by atoms with Crippen LogP contribution in [0.1, 0.15) is 12.5 Å². The highest BCUT2D eigenvalue weighted by Gasteiger charge is 2.18. The summed E-state index contributed by atoms with van der Waals surface area (Å²) in [7, 11) is 1.62. The van der Waals surface area contributed by atoms with Gasteiger partial charge in [-0.05, 0) is 40.5 Å². The molecule has 1 aliphatic rings. The first-order valence-electron chi connectivity index (χ1n) is 5.65. The van der Waals surface area contributed by atoms with Crippen LogP contribution in [0.3, 0.4) is 0 Å². The molecule has 0 aromatic heterocycles. The summed E-state index contributed by atoms with van der Waals surface area (Å²) >= 11 is 3.44. The van der Waals surface area contributed by atoms with Crippen LogP contribution >= 0.6 is 15.9 Å². The molecule has 1 aromatic rings. The number of carbonyl (C=O) groups is 1. The van der Waals surface area contributed by atoms with Crippen LogP contribution in [-0.2, 0) is 11.3 Å². The van der Waals surface area contributed by atoms with Crippen LogP contribution in [0.4, 0.5) is 0 Å². The minimum absolute atomic E-state index is 0.0326. The fourth-order valence-corrected chi connectivity index (χ4v) is 2.31. The van der Waals surface area contributed by atoms with E-state index in [2.05, 4.69) is 26.6 Å². The fraction of sp³-hybridized carbons (Fsp3) is 0.417. The average Bonchev–Trinajstić information content (AvgIpc) is 2.83. The minimum Gasteiger partial charge on any atom is -0.454 e. The molecule has 1 unspecified atom stereocenters. The van der Waals surface area contributed by atoms with Crippen molar-refractivity contribution in [3.8, 4) is 11.5 Å². The molecule has 0 fully saturated rings. The van der Waals surface area contributed by atoms with Crippen LogP contribution in [-0.4, -0.2) is 25.8 Å². The lowest BCUT2D eigenvalue weighted by atomic mass is 10.2. The molecule has 2 N–H and O–H groups in total. The van der Waals surface area contributed by atoms with Gasteiger partial charge in [0.05, 0.1) is 10.5 Å². The van der Waals surface area contributed by atoms with Gasteiger partial charge in [-0.15, -0.1) is 0 Å². The van der Waals surface area contributed by atoms with E-state index in [1.165, 1.54) is 0 Å². The standard InChI is InChI=1S/C12H15BrN2O3/c1-7(12(16)14-2)15-5-8-3-9(13)11-10(4-8)17-6-18-11/h3-4,7,15H,5-6H2,1-2H3,(H,14,16). The molecule has 1 aromatic carbocycles. The zero-order valence-corrected chi connectivity index (χ0v) is 11.8. The summed E-state index contributed by atoms with van der Waals surface area (Å²) in [5.74, 6) is 1.43. The smallest absolute Gasteiger partial charge is 0.236 e. The molecule has 2 rings (SSSR count). The van der Waals surface area contributed by atoms with Gasteiger partial charge in [0.1, 0.15) is 0 Å². The molecule has 18 heavy (non-hydrogen) atoms. The topological polar surface area (TPSA) is 59.6 Å². The zero-order valence-electron chi connectivity index (χ0n) is 10.2. The minimum atomic E-state index is -0.237. The Morgan fingerprint density at radius 2 is 2.28 bits per heavy atom. The molecule has 1 amide bonds. The van der Waals surface area contributed by atoms with Gasteiger partial charge in [0.25, 0.3) is 0 Å². The Bertz CT molecular complexity index is 465. The Morgan fingerprint density at radius 1 is 1.50 bits per heavy atom. The van der Waals surface area contributed by atoms with Crippen molar-refractivity contribution in [3.05, 3.63) is 22.2 Å². The van der Waals surface area contributed by atoms with E-state index < -0.39 is 0 Å². The molecule has 0 saturated heterocycles. The first kappa shape index (κ1) is 13.2. The summed E-state index contributed by atoms with van der Waals surface area (Å²) in [5.41, 5.74) is 1.03. The van der Waals surface area contributed by atoms with E-state index in [4.69, 9.17) is 9.47 Å². The number of rotatable bonds is 4. The Morgan fingerprint density at radius 3 is 3.00 bits per heavy atom. The number of carbonyl (C=O) groups excluding carboxylic acids is 1. The van der Waals surface area contributed by atoms with E-state index in [0.717, 1.165) is 21.5 Å². The molecule has 6 heteroatoms. The summed E-state index contributed by atoms with van der Waals surface area (Å²) in [6.45, 7) is 2.66. The lowest BCUT2D eigenvalue weighted by molar-refractivity contribution is -0.122. The van der Waals surface area contributed by atoms with Crippen molar-refractivity contribution in [1.82, 2.24) is 10.6 Å². The summed E-state index contributed by atoms with van der Waals surface area (Å²) in [4.78, 5) is 11.4. The summed E-state index contributed by atoms with van der Waals surface area (Å²) < 4.78 is 11.5. The molecule has 0 aliphatic carbocycles. The molecule has 1 heterocycles. The third-order valence-electron chi connectivity index (χ3n) is 2.74. The molecular weight excluding hydrogens is 300 g/mol. The Balaban J connectivity index is 2.02. The van der Waals surface area contributed by atoms with Gasteiger partial charge in [-0.2, -0.15) is 0 Å². The lowest BCUT2D eigenvalue weighted by Gasteiger charge is -2.12. The van der Waals surface area contributed by atoms with E-state index in [1.54, 1.807) is 7.05 Å². The molecular formula is C12H15BrN2O3. The number of hydrogen-bond acceptors (Lipinski definition) is 4. The number of likely N-dealkylation sites (N-methyl/N-ethyl adjacent to an activating group) is 1. The van der Waals surface area contributed by atoms with E-state index in [0.29, 0.717) is 6.54 Å². The zero-order chi connectivity index (χ0) is 13.1. The highest BCUT2D eigenvalue weighted by Crippen LogP contribution is 2.39. The largest absolute Gasteiger partial charge is 0.454 e. The number of nitrogens with one attached hydrogen (secondary N) is 2. The molecule has 5 nitrogen and oxygen atoms in total. The third kappa shape index (κ3) is 2.76. The second-order valence-electron chi connectivity index (χ2n) is 4.03. The predicted octanol–water partition coefficient (Wildman–Crippen LogP) is 1.40. The van der Waals surface area contributed by atoms with Gasteiger partial charge < -0.3 is 20.1 Å². The number of fused-ring (bicyclic) bond motifs is 1. The maximum Gasteiger partial charge on any atom is 0.236 e. The van der Waals surface area contributed by atoms with Crippen molar-refractivity contribution < 1.29 is 14.3 Å². The second-order valence-corrected chi connectivity index (χ2v) is 4.88. The fourth-order valence-electron chi connectivity index (χ4n) is 1.70. The third-order valence-corrected chi connectivity index (χ3v) is 3.33. The normalized spacial score (nSPS) is 14.4. The van der Waals surface area contributed by atoms with Crippen molar-refractivity contribution in [2.75, 3.05) is 13.8 Å². The number of ether oxygens (including phenoxy) is 2. The van der Waals surface area contributed by atoms with E-state index >= 15 is 0 Å². The first-order chi connectivity index (χ1) is 8.61. The van der Waals surface area contributed by atoms with Gasteiger partial charge >= 0.3 is 0 Å². The lowest BCUT2D eigenvalue weighted by Crippen LogP contribution is -2.40. The van der Waals surface area contributed by atoms with Crippen LogP contribution in [0.5, 0.6) is 11.5 Å². The average molecular weight is 315 g/mol. The molecule has 0 spiro atoms. The Kier molecular flexibility index (Phi) is 4.08. The Hall–Kier alpha value is -1.27. The van der Waals surface area contributed by atoms with Gasteiger partial charge in [0.2, 0.25) is 12.7 Å². The first-order valence-corrected chi connectivity index (χ1v) is 6.44. The number of halogens is 1. The maximum atomic E-state index is 11.4. The summed E-state index contributed by atoms with van der Waals surface area (Å²) in [6, 6.07) is 3.63. The summed E-state index contributed by atoms with van der Waals surface area (Å²) in [6.07, 6.45) is 0. The number of amides is 1. The molecule has 0 saturated carbocycles. The number of hydrogen-bond donors (Lipinski definition) is 2. The van der Waals surface area contributed by atoms with Crippen LogP contribution in [0, 0.1) is 0 Å². The van der Waals surface area contributed by atoms with Crippen molar-refractivity contribution in [3.63, 3.8) is 0 Å². The predicted molar refractivity (Wildman–Crippen MR) is 70.6 cm³/mol. The molecule has 1 aliphatic heterocycles. The van der Waals surface area contributed by atoms with Gasteiger partial charge in [-0.1, -0.05) is 0 Å². The van der Waals surface area contributed by atoms with Crippen LogP contribution in [0.15, 0.2) is 16.6 Å². The van der Waals surface area contributed by atoms with E-state index in [-0.39, 0.29) is 18.7 Å². The van der Waals surface area contributed by atoms with Crippen LogP contribution < -0.4 is 20.1 Å². The second kappa shape index (κ2) is 5.58. The van der Waals surface area contributed by atoms with Crippen molar-refractivity contribution in [2.45, 2.75) is 19.5 Å². The van der Waals surface area contributed by atoms with E-state index in [1.807, 2.05) is 19.1 Å². The quantitative estimate of drug-likeness (QED) is 0.882. The van der Waals surface area contributed by atoms with Crippen molar-refractivity contribution in [1.29, 1.82) is 0 Å². The highest BCUT2D eigenvalue weighted by molar-refractivity contribution is 9.10. The molecule has 0 radical (unpaired) electrons. The van der Waals surface area contributed by atoms with E-state index in [9.17, 15) is 4.79 Å². The van der Waals surface area contributed by atoms with Crippen molar-refractivity contribution in [2.24, 2.45) is 0 Å². The Labute approximate surface area is 114 Å². The summed E-state index contributed by atoms with van der Waals surface area (Å²) in [5, 5.41) is 5.74. The van der Waals surface area contributed by atoms with Gasteiger partial charge in [-0.3, -0.25) is 4.79 Å². The van der Waals surface area contributed by atoms with Crippen LogP contribution in [0.25, 0.3) is 0 Å². The molecule has 0 bridgehead atoms. The molecule has 1 atom stereocenters. The van der Waals surface area contributed by atoms with Crippen molar-refractivity contribution >= 4 is 21.8 Å². The monoisotopic (exact) mass is 314 g/mol.